The average molecular weight is 649 g/mol. The second kappa shape index (κ2) is 12.7. The zero-order valence-corrected chi connectivity index (χ0v) is 25.3. The molecule has 1 unspecified atom stereocenters. The molecule has 0 bridgehead atoms. The Hall–Kier alpha value is -3.55. The molecule has 3 amide bonds. The van der Waals surface area contributed by atoms with Gasteiger partial charge in [-0.25, -0.2) is 9.18 Å². The van der Waals surface area contributed by atoms with E-state index in [0.717, 1.165) is 17.0 Å². The Labute approximate surface area is 256 Å². The first kappa shape index (κ1) is 34.3. The van der Waals surface area contributed by atoms with E-state index in [2.05, 4.69) is 10.1 Å². The van der Waals surface area contributed by atoms with Gasteiger partial charge >= 0.3 is 18.4 Å². The van der Waals surface area contributed by atoms with E-state index in [1.807, 2.05) is 0 Å². The molecule has 1 atom stereocenters. The van der Waals surface area contributed by atoms with Crippen molar-refractivity contribution in [3.05, 3.63) is 57.9 Å². The molecule has 1 fully saturated rings. The number of carbonyl (C=O) groups is 2. The van der Waals surface area contributed by atoms with E-state index in [9.17, 15) is 40.3 Å². The smallest absolute Gasteiger partial charge is 0.430 e. The number of unbranched alkanes of at least 4 members (excludes halogenated alkanes) is 1. The van der Waals surface area contributed by atoms with Crippen LogP contribution in [0.2, 0.25) is 0 Å². The highest BCUT2D eigenvalue weighted by Crippen LogP contribution is 2.58. The van der Waals surface area contributed by atoms with Crippen molar-refractivity contribution in [1.82, 2.24) is 10.2 Å². The average Bonchev–Trinajstić information content (AvgIpc) is 3.46. The Morgan fingerprint density at radius 2 is 1.67 bits per heavy atom. The van der Waals surface area contributed by atoms with Gasteiger partial charge in [-0.15, -0.1) is 0 Å². The van der Waals surface area contributed by atoms with Crippen LogP contribution < -0.4 is 14.8 Å². The summed E-state index contributed by atoms with van der Waals surface area (Å²) in [5.74, 6) is -1.05. The van der Waals surface area contributed by atoms with Gasteiger partial charge in [-0.05, 0) is 67.5 Å². The summed E-state index contributed by atoms with van der Waals surface area (Å²) in [6.45, 7) is 4.14. The second-order valence-corrected chi connectivity index (χ2v) is 11.3. The number of fused-ring (bicyclic) bond motifs is 1. The van der Waals surface area contributed by atoms with Crippen LogP contribution in [0.4, 0.5) is 35.5 Å². The third-order valence-electron chi connectivity index (χ3n) is 8.23. The van der Waals surface area contributed by atoms with E-state index in [1.54, 1.807) is 13.8 Å². The summed E-state index contributed by atoms with van der Waals surface area (Å²) >= 11 is 0. The molecule has 0 radical (unpaired) electrons. The van der Waals surface area contributed by atoms with Gasteiger partial charge in [0, 0.05) is 17.7 Å². The van der Waals surface area contributed by atoms with Crippen LogP contribution >= 0.6 is 0 Å². The molecule has 0 saturated carbocycles. The van der Waals surface area contributed by atoms with Gasteiger partial charge < -0.3 is 19.5 Å². The lowest BCUT2D eigenvalue weighted by Crippen LogP contribution is -2.53. The third kappa shape index (κ3) is 5.93. The normalized spacial score (nSPS) is 19.6. The zero-order chi connectivity index (χ0) is 33.4. The van der Waals surface area contributed by atoms with E-state index in [0.29, 0.717) is 19.3 Å². The van der Waals surface area contributed by atoms with Crippen molar-refractivity contribution in [1.29, 1.82) is 0 Å². The van der Waals surface area contributed by atoms with Gasteiger partial charge in [-0.2, -0.15) is 26.3 Å². The molecule has 45 heavy (non-hydrogen) atoms. The minimum Gasteiger partial charge on any atom is -0.494 e. The number of halogens is 7. The molecule has 2 aromatic rings. The molecule has 1 saturated heterocycles. The number of hydrogen-bond acceptors (Lipinski definition) is 5. The van der Waals surface area contributed by atoms with Gasteiger partial charge in [-0.1, -0.05) is 32.8 Å². The SMILES string of the molecule is CCCc1cc2c(c(CCC)c1OCCCCN1C(=O)NC(C)(c3ccc(OC)c(F)c3)C1=O)COC2(C(F)(F)F)C(F)(F)F. The molecule has 248 valence electrons. The number of ether oxygens (including phenoxy) is 3. The Bertz CT molecular complexity index is 1430. The Balaban J connectivity index is 1.50. The first-order valence-electron chi connectivity index (χ1n) is 14.6. The molecule has 4 rings (SSSR count). The molecular formula is C31H35F7N2O5. The number of amides is 3. The molecule has 0 aliphatic carbocycles. The zero-order valence-electron chi connectivity index (χ0n) is 25.3. The molecular weight excluding hydrogens is 613 g/mol. The first-order valence-corrected chi connectivity index (χ1v) is 14.6. The largest absolute Gasteiger partial charge is 0.494 e. The van der Waals surface area contributed by atoms with Gasteiger partial charge in [0.25, 0.3) is 11.5 Å². The summed E-state index contributed by atoms with van der Waals surface area (Å²) in [4.78, 5) is 26.9. The number of nitrogens with one attached hydrogen (secondary N) is 1. The number of benzene rings is 2. The van der Waals surface area contributed by atoms with Crippen molar-refractivity contribution in [3.8, 4) is 11.5 Å². The topological polar surface area (TPSA) is 77.1 Å². The summed E-state index contributed by atoms with van der Waals surface area (Å²) in [5, 5.41) is 2.60. The van der Waals surface area contributed by atoms with Crippen LogP contribution in [0.5, 0.6) is 11.5 Å². The summed E-state index contributed by atoms with van der Waals surface area (Å²) < 4.78 is 114. The number of imide groups is 1. The molecule has 2 aromatic carbocycles. The van der Waals surface area contributed by atoms with E-state index in [-0.39, 0.29) is 66.2 Å². The van der Waals surface area contributed by atoms with E-state index >= 15 is 0 Å². The minimum absolute atomic E-state index is 0.00357. The molecule has 14 heteroatoms. The molecule has 0 aromatic heterocycles. The summed E-state index contributed by atoms with van der Waals surface area (Å²) in [5.41, 5.74) is -6.33. The Kier molecular flexibility index (Phi) is 9.68. The summed E-state index contributed by atoms with van der Waals surface area (Å²) in [6.07, 6.45) is -9.63. The van der Waals surface area contributed by atoms with Gasteiger partial charge in [-0.3, -0.25) is 9.69 Å². The van der Waals surface area contributed by atoms with Crippen LogP contribution in [0.3, 0.4) is 0 Å². The van der Waals surface area contributed by atoms with Gasteiger partial charge in [0.05, 0.1) is 20.3 Å². The lowest BCUT2D eigenvalue weighted by molar-refractivity contribution is -0.385. The van der Waals surface area contributed by atoms with Gasteiger partial charge in [0.2, 0.25) is 0 Å². The predicted octanol–water partition coefficient (Wildman–Crippen LogP) is 7.22. The number of aryl methyl sites for hydroxylation is 1. The maximum atomic E-state index is 14.3. The van der Waals surface area contributed by atoms with Crippen LogP contribution in [0.15, 0.2) is 24.3 Å². The number of hydrogen-bond donors (Lipinski definition) is 1. The van der Waals surface area contributed by atoms with Crippen molar-refractivity contribution in [2.75, 3.05) is 20.3 Å². The van der Waals surface area contributed by atoms with Gasteiger partial charge in [0.15, 0.2) is 11.6 Å². The molecule has 2 aliphatic rings. The highest BCUT2D eigenvalue weighted by molar-refractivity contribution is 6.07. The van der Waals surface area contributed by atoms with Crippen molar-refractivity contribution in [2.24, 2.45) is 0 Å². The van der Waals surface area contributed by atoms with Crippen molar-refractivity contribution in [2.45, 2.75) is 89.4 Å². The van der Waals surface area contributed by atoms with Crippen LogP contribution in [-0.2, 0) is 40.1 Å². The molecule has 2 heterocycles. The Morgan fingerprint density at radius 1 is 1.00 bits per heavy atom. The van der Waals surface area contributed by atoms with E-state index < -0.39 is 53.4 Å². The van der Waals surface area contributed by atoms with Crippen molar-refractivity contribution >= 4 is 11.9 Å². The Morgan fingerprint density at radius 3 is 2.24 bits per heavy atom. The fraction of sp³-hybridized carbons (Fsp3) is 0.548. The number of alkyl halides is 6. The summed E-state index contributed by atoms with van der Waals surface area (Å²) in [6, 6.07) is 4.20. The fourth-order valence-corrected chi connectivity index (χ4v) is 5.96. The van der Waals surface area contributed by atoms with E-state index in [4.69, 9.17) is 9.47 Å². The van der Waals surface area contributed by atoms with E-state index in [1.165, 1.54) is 26.2 Å². The molecule has 7 nitrogen and oxygen atoms in total. The number of rotatable bonds is 12. The number of carbonyl (C=O) groups excluding carboxylic acids is 2. The third-order valence-corrected chi connectivity index (χ3v) is 8.23. The first-order chi connectivity index (χ1) is 21.1. The number of urea groups is 1. The molecule has 2 aliphatic heterocycles. The van der Waals surface area contributed by atoms with Crippen LogP contribution in [0, 0.1) is 5.82 Å². The predicted molar refractivity (Wildman–Crippen MR) is 148 cm³/mol. The van der Waals surface area contributed by atoms with Crippen LogP contribution in [-0.4, -0.2) is 49.5 Å². The highest BCUT2D eigenvalue weighted by atomic mass is 19.4. The summed E-state index contributed by atoms with van der Waals surface area (Å²) in [7, 11) is 1.30. The van der Waals surface area contributed by atoms with Crippen molar-refractivity contribution < 1.29 is 54.5 Å². The molecule has 0 spiro atoms. The lowest BCUT2D eigenvalue weighted by Gasteiger charge is -2.34. The quantitative estimate of drug-likeness (QED) is 0.150. The minimum atomic E-state index is -5.73. The maximum absolute atomic E-state index is 14.3. The molecule has 1 N–H and O–H groups in total. The second-order valence-electron chi connectivity index (χ2n) is 11.3. The van der Waals surface area contributed by atoms with Crippen molar-refractivity contribution in [3.63, 3.8) is 0 Å². The highest BCUT2D eigenvalue weighted by Gasteiger charge is 2.76. The van der Waals surface area contributed by atoms with Crippen LogP contribution in [0.25, 0.3) is 0 Å². The van der Waals surface area contributed by atoms with Crippen LogP contribution in [0.1, 0.15) is 74.3 Å². The monoisotopic (exact) mass is 648 g/mol. The maximum Gasteiger partial charge on any atom is 0.430 e. The lowest BCUT2D eigenvalue weighted by atomic mass is 9.84. The fourth-order valence-electron chi connectivity index (χ4n) is 5.96. The number of methoxy groups -OCH3 is 1. The number of nitrogens with zero attached hydrogens (tertiary/aromatic N) is 1. The van der Waals surface area contributed by atoms with Gasteiger partial charge in [0.1, 0.15) is 11.3 Å². The standard InChI is InChI=1S/C31H35F7N2O5/c1-5-9-18-15-22-21(17-45-29(22,30(33,34)35)31(36,37)38)20(10-6-2)25(18)44-14-8-7-13-40-26(41)28(3,39-27(40)42)19-11-12-24(43-4)23(32)16-19/h11-12,15-16H,5-10,13-14,17H2,1-4H3,(H,39,42).